The van der Waals surface area contributed by atoms with E-state index in [4.69, 9.17) is 5.73 Å². The SMILES string of the molecule is Cc1ccc(NC(=O)c2cccc(N)c2[N+](=O)[O-])c(C)n1. The number of nitrogens with zero attached hydrogens (tertiary/aromatic N) is 2. The fraction of sp³-hybridized carbons (Fsp3) is 0.143. The lowest BCUT2D eigenvalue weighted by Gasteiger charge is -2.09. The third kappa shape index (κ3) is 2.97. The van der Waals surface area contributed by atoms with E-state index in [0.717, 1.165) is 5.69 Å². The number of carbonyl (C=O) groups excluding carboxylic acids is 1. The Bertz CT molecular complexity index is 728. The van der Waals surface area contributed by atoms with Crippen LogP contribution in [-0.2, 0) is 0 Å². The van der Waals surface area contributed by atoms with E-state index in [1.807, 2.05) is 6.92 Å². The molecule has 3 N–H and O–H groups in total. The molecule has 7 nitrogen and oxygen atoms in total. The number of aromatic nitrogens is 1. The van der Waals surface area contributed by atoms with Gasteiger partial charge in [-0.2, -0.15) is 0 Å². The second kappa shape index (κ2) is 5.58. The number of nitrogens with one attached hydrogen (secondary N) is 1. The summed E-state index contributed by atoms with van der Waals surface area (Å²) in [6, 6.07) is 7.69. The van der Waals surface area contributed by atoms with Gasteiger partial charge in [-0.05, 0) is 38.1 Å². The molecule has 7 heteroatoms. The van der Waals surface area contributed by atoms with Crippen LogP contribution in [0.25, 0.3) is 0 Å². The fourth-order valence-corrected chi connectivity index (χ4v) is 1.96. The van der Waals surface area contributed by atoms with Gasteiger partial charge in [-0.15, -0.1) is 0 Å². The molecule has 0 aliphatic carbocycles. The van der Waals surface area contributed by atoms with Crippen LogP contribution in [0.4, 0.5) is 17.1 Å². The molecule has 0 spiro atoms. The van der Waals surface area contributed by atoms with Crippen LogP contribution in [-0.4, -0.2) is 15.8 Å². The summed E-state index contributed by atoms with van der Waals surface area (Å²) in [5.41, 5.74) is 7.00. The number of anilines is 2. The normalized spacial score (nSPS) is 10.2. The first-order valence-electron chi connectivity index (χ1n) is 6.18. The average Bonchev–Trinajstić information content (AvgIpc) is 2.41. The molecule has 0 radical (unpaired) electrons. The quantitative estimate of drug-likeness (QED) is 0.511. The highest BCUT2D eigenvalue weighted by Gasteiger charge is 2.23. The Balaban J connectivity index is 2.37. The van der Waals surface area contributed by atoms with Crippen molar-refractivity contribution in [2.45, 2.75) is 13.8 Å². The van der Waals surface area contributed by atoms with Gasteiger partial charge < -0.3 is 11.1 Å². The third-order valence-corrected chi connectivity index (χ3v) is 2.97. The van der Waals surface area contributed by atoms with Gasteiger partial charge in [0.25, 0.3) is 5.91 Å². The molecule has 1 heterocycles. The summed E-state index contributed by atoms with van der Waals surface area (Å²) >= 11 is 0. The number of carbonyl (C=O) groups is 1. The molecule has 0 aliphatic heterocycles. The molecule has 1 amide bonds. The van der Waals surface area contributed by atoms with Gasteiger partial charge in [-0.1, -0.05) is 6.07 Å². The van der Waals surface area contributed by atoms with Gasteiger partial charge in [-0.3, -0.25) is 19.9 Å². The summed E-state index contributed by atoms with van der Waals surface area (Å²) in [5.74, 6) is -0.595. The molecule has 2 aromatic rings. The second-order valence-corrected chi connectivity index (χ2v) is 4.54. The van der Waals surface area contributed by atoms with Crippen LogP contribution in [0.15, 0.2) is 30.3 Å². The highest BCUT2D eigenvalue weighted by atomic mass is 16.6. The lowest BCUT2D eigenvalue weighted by atomic mass is 10.1. The van der Waals surface area contributed by atoms with E-state index >= 15 is 0 Å². The van der Waals surface area contributed by atoms with Gasteiger partial charge in [0.05, 0.1) is 16.3 Å². The number of nitro groups is 1. The number of nitro benzene ring substituents is 1. The van der Waals surface area contributed by atoms with Crippen LogP contribution < -0.4 is 11.1 Å². The number of nitrogen functional groups attached to an aromatic ring is 1. The van der Waals surface area contributed by atoms with Crippen LogP contribution in [0.1, 0.15) is 21.7 Å². The van der Waals surface area contributed by atoms with Crippen LogP contribution >= 0.6 is 0 Å². The highest BCUT2D eigenvalue weighted by Crippen LogP contribution is 2.27. The van der Waals surface area contributed by atoms with E-state index in [1.54, 1.807) is 19.1 Å². The van der Waals surface area contributed by atoms with Gasteiger partial charge in [0.15, 0.2) is 0 Å². The molecular weight excluding hydrogens is 272 g/mol. The van der Waals surface area contributed by atoms with E-state index < -0.39 is 16.5 Å². The predicted molar refractivity (Wildman–Crippen MR) is 79.2 cm³/mol. The maximum Gasteiger partial charge on any atom is 0.304 e. The first-order chi connectivity index (χ1) is 9.90. The van der Waals surface area contributed by atoms with Crippen molar-refractivity contribution >= 4 is 23.0 Å². The standard InChI is InChI=1S/C14H14N4O3/c1-8-6-7-12(9(2)16-8)17-14(19)10-4-3-5-11(15)13(10)18(20)21/h3-7H,15H2,1-2H3,(H,17,19). The molecule has 0 fully saturated rings. The molecular formula is C14H14N4O3. The van der Waals surface area contributed by atoms with Crippen molar-refractivity contribution in [1.29, 1.82) is 0 Å². The van der Waals surface area contributed by atoms with Crippen molar-refractivity contribution in [2.75, 3.05) is 11.1 Å². The molecule has 0 unspecified atom stereocenters. The number of pyridine rings is 1. The predicted octanol–water partition coefficient (Wildman–Crippen LogP) is 2.44. The van der Waals surface area contributed by atoms with Crippen molar-refractivity contribution in [2.24, 2.45) is 0 Å². The Kier molecular flexibility index (Phi) is 3.84. The molecule has 108 valence electrons. The maximum atomic E-state index is 12.2. The maximum absolute atomic E-state index is 12.2. The minimum atomic E-state index is -0.662. The van der Waals surface area contributed by atoms with Crippen molar-refractivity contribution in [3.8, 4) is 0 Å². The first kappa shape index (κ1) is 14.4. The summed E-state index contributed by atoms with van der Waals surface area (Å²) in [6.07, 6.45) is 0. The largest absolute Gasteiger partial charge is 0.393 e. The number of hydrogen-bond acceptors (Lipinski definition) is 5. The lowest BCUT2D eigenvalue weighted by molar-refractivity contribution is -0.384. The fourth-order valence-electron chi connectivity index (χ4n) is 1.96. The van der Waals surface area contributed by atoms with E-state index in [0.29, 0.717) is 11.4 Å². The minimum absolute atomic E-state index is 0.0496. The summed E-state index contributed by atoms with van der Waals surface area (Å²) in [7, 11) is 0. The Morgan fingerprint density at radius 3 is 2.62 bits per heavy atom. The Hall–Kier alpha value is -2.96. The van der Waals surface area contributed by atoms with Crippen LogP contribution in [0.5, 0.6) is 0 Å². The molecule has 0 bridgehead atoms. The number of hydrogen-bond donors (Lipinski definition) is 2. The van der Waals surface area contributed by atoms with Gasteiger partial charge in [-0.25, -0.2) is 0 Å². The summed E-state index contributed by atoms with van der Waals surface area (Å²) in [5, 5.41) is 13.7. The van der Waals surface area contributed by atoms with Crippen molar-refractivity contribution in [3.63, 3.8) is 0 Å². The van der Waals surface area contributed by atoms with Gasteiger partial charge in [0.2, 0.25) is 0 Å². The zero-order valence-corrected chi connectivity index (χ0v) is 11.6. The minimum Gasteiger partial charge on any atom is -0.393 e. The number of aryl methyl sites for hydroxylation is 2. The Morgan fingerprint density at radius 1 is 1.29 bits per heavy atom. The molecule has 0 saturated carbocycles. The lowest BCUT2D eigenvalue weighted by Crippen LogP contribution is -2.16. The molecule has 0 aliphatic rings. The molecule has 1 aromatic heterocycles. The zero-order chi connectivity index (χ0) is 15.6. The number of nitrogens with two attached hydrogens (primary N) is 1. The van der Waals surface area contributed by atoms with Crippen molar-refractivity contribution in [3.05, 3.63) is 57.4 Å². The Labute approximate surface area is 121 Å². The van der Waals surface area contributed by atoms with E-state index in [9.17, 15) is 14.9 Å². The number of rotatable bonds is 3. The summed E-state index contributed by atoms with van der Waals surface area (Å²) in [4.78, 5) is 26.8. The number of benzene rings is 1. The first-order valence-corrected chi connectivity index (χ1v) is 6.18. The second-order valence-electron chi connectivity index (χ2n) is 4.54. The molecule has 2 rings (SSSR count). The average molecular weight is 286 g/mol. The van der Waals surface area contributed by atoms with Crippen LogP contribution in [0, 0.1) is 24.0 Å². The monoisotopic (exact) mass is 286 g/mol. The number of amides is 1. The van der Waals surface area contributed by atoms with E-state index in [-0.39, 0.29) is 11.3 Å². The smallest absolute Gasteiger partial charge is 0.304 e. The van der Waals surface area contributed by atoms with Crippen LogP contribution in [0.2, 0.25) is 0 Å². The Morgan fingerprint density at radius 2 is 2.00 bits per heavy atom. The topological polar surface area (TPSA) is 111 Å². The van der Waals surface area contributed by atoms with Gasteiger partial charge >= 0.3 is 5.69 Å². The van der Waals surface area contributed by atoms with Crippen molar-refractivity contribution < 1.29 is 9.72 Å². The van der Waals surface area contributed by atoms with Crippen LogP contribution in [0.3, 0.4) is 0 Å². The van der Waals surface area contributed by atoms with Gasteiger partial charge in [0, 0.05) is 5.69 Å². The molecule has 21 heavy (non-hydrogen) atoms. The molecule has 0 saturated heterocycles. The molecule has 1 aromatic carbocycles. The number of para-hydroxylation sites is 1. The summed E-state index contributed by atoms with van der Waals surface area (Å²) < 4.78 is 0. The van der Waals surface area contributed by atoms with Crippen molar-refractivity contribution in [1.82, 2.24) is 4.98 Å². The molecule has 0 atom stereocenters. The van der Waals surface area contributed by atoms with Gasteiger partial charge in [0.1, 0.15) is 11.3 Å². The van der Waals surface area contributed by atoms with E-state index in [2.05, 4.69) is 10.3 Å². The third-order valence-electron chi connectivity index (χ3n) is 2.97. The van der Waals surface area contributed by atoms with E-state index in [1.165, 1.54) is 18.2 Å². The summed E-state index contributed by atoms with van der Waals surface area (Å²) in [6.45, 7) is 3.58. The highest BCUT2D eigenvalue weighted by molar-refractivity contribution is 6.08. The zero-order valence-electron chi connectivity index (χ0n) is 11.6.